The van der Waals surface area contributed by atoms with Gasteiger partial charge in [-0.2, -0.15) is 0 Å². The van der Waals surface area contributed by atoms with Gasteiger partial charge >= 0.3 is 0 Å². The molecule has 2 saturated carbocycles. The van der Waals surface area contributed by atoms with Gasteiger partial charge in [0, 0.05) is 48.7 Å². The first-order chi connectivity index (χ1) is 24.2. The van der Waals surface area contributed by atoms with Crippen LogP contribution in [0, 0.1) is 5.92 Å². The van der Waals surface area contributed by atoms with Crippen LogP contribution < -0.4 is 9.46 Å². The van der Waals surface area contributed by atoms with Gasteiger partial charge < -0.3 is 14.2 Å². The third-order valence-electron chi connectivity index (χ3n) is 12.8. The molecule has 1 spiro atoms. The van der Waals surface area contributed by atoms with Crippen molar-refractivity contribution in [3.8, 4) is 5.75 Å². The van der Waals surface area contributed by atoms with E-state index < -0.39 is 15.9 Å². The first-order valence-electron chi connectivity index (χ1n) is 19.1. The van der Waals surface area contributed by atoms with Crippen molar-refractivity contribution in [2.45, 2.75) is 108 Å². The monoisotopic (exact) mass is 700 g/mol. The molecular formula is C40H52N4O5S. The summed E-state index contributed by atoms with van der Waals surface area (Å²) in [4.78, 5) is 33.3. The predicted molar refractivity (Wildman–Crippen MR) is 196 cm³/mol. The summed E-state index contributed by atoms with van der Waals surface area (Å²) < 4.78 is 36.2. The number of hydrogen-bond donors (Lipinski definition) is 1. The largest absolute Gasteiger partial charge is 0.496 e. The van der Waals surface area contributed by atoms with Gasteiger partial charge in [-0.3, -0.25) is 14.5 Å². The smallest absolute Gasteiger partial charge is 0.265 e. The van der Waals surface area contributed by atoms with Crippen LogP contribution in [-0.4, -0.2) is 79.7 Å². The Kier molecular flexibility index (Phi) is 8.77. The highest BCUT2D eigenvalue weighted by molar-refractivity contribution is 7.90. The lowest BCUT2D eigenvalue weighted by molar-refractivity contribution is -0.142. The van der Waals surface area contributed by atoms with Crippen molar-refractivity contribution in [3.05, 3.63) is 63.9 Å². The molecule has 0 radical (unpaired) electrons. The fourth-order valence-corrected chi connectivity index (χ4v) is 11.3. The van der Waals surface area contributed by atoms with Gasteiger partial charge in [0.25, 0.3) is 5.91 Å². The Morgan fingerprint density at radius 2 is 1.80 bits per heavy atom. The summed E-state index contributed by atoms with van der Waals surface area (Å²) in [6.07, 6.45) is 17.1. The zero-order valence-corrected chi connectivity index (χ0v) is 30.7. The lowest BCUT2D eigenvalue weighted by atomic mass is 9.74. The van der Waals surface area contributed by atoms with Gasteiger partial charge in [0.15, 0.2) is 0 Å². The summed E-state index contributed by atoms with van der Waals surface area (Å²) >= 11 is 0. The van der Waals surface area contributed by atoms with Gasteiger partial charge in [0.2, 0.25) is 15.9 Å². The maximum atomic E-state index is 15.0. The summed E-state index contributed by atoms with van der Waals surface area (Å²) in [5.41, 5.74) is 6.72. The van der Waals surface area contributed by atoms with Crippen LogP contribution >= 0.6 is 0 Å². The van der Waals surface area contributed by atoms with Crippen molar-refractivity contribution in [1.29, 1.82) is 0 Å². The van der Waals surface area contributed by atoms with Crippen molar-refractivity contribution >= 4 is 32.7 Å². The fraction of sp³-hybridized carbons (Fsp3) is 0.600. The number of carbonyl (C=O) groups excluding carboxylic acids is 2. The molecule has 8 rings (SSSR count). The second kappa shape index (κ2) is 13.0. The van der Waals surface area contributed by atoms with E-state index in [1.165, 1.54) is 44.1 Å². The second-order valence-electron chi connectivity index (χ2n) is 15.7. The lowest BCUT2D eigenvalue weighted by Gasteiger charge is -2.52. The van der Waals surface area contributed by atoms with Crippen LogP contribution in [0.25, 0.3) is 10.9 Å². The van der Waals surface area contributed by atoms with Crippen molar-refractivity contribution in [3.63, 3.8) is 0 Å². The third-order valence-corrected chi connectivity index (χ3v) is 14.3. The maximum Gasteiger partial charge on any atom is 0.265 e. The van der Waals surface area contributed by atoms with Crippen molar-refractivity contribution in [1.82, 2.24) is 19.1 Å². The number of fused-ring (bicyclic) bond motifs is 6. The summed E-state index contributed by atoms with van der Waals surface area (Å²) in [6, 6.07) is 6.59. The number of nitrogens with one attached hydrogen (secondary N) is 1. The molecule has 2 atom stereocenters. The number of allylic oxidation sites excluding steroid dienone is 4. The molecule has 50 heavy (non-hydrogen) atoms. The molecule has 6 aliphatic rings. The summed E-state index contributed by atoms with van der Waals surface area (Å²) in [5, 5.41) is 1.05. The molecule has 2 aromatic rings. The van der Waals surface area contributed by atoms with E-state index in [9.17, 15) is 18.0 Å². The molecule has 1 saturated heterocycles. The summed E-state index contributed by atoms with van der Waals surface area (Å²) in [6.45, 7) is 4.60. The Hall–Kier alpha value is -3.37. The fourth-order valence-electron chi connectivity index (χ4n) is 10.3. The highest BCUT2D eigenvalue weighted by Gasteiger charge is 2.49. The molecule has 2 amide bonds. The Labute approximate surface area is 296 Å². The highest BCUT2D eigenvalue weighted by atomic mass is 32.2. The van der Waals surface area contributed by atoms with E-state index in [0.717, 1.165) is 77.8 Å². The molecule has 1 aromatic carbocycles. The predicted octanol–water partition coefficient (Wildman–Crippen LogP) is 6.31. The van der Waals surface area contributed by atoms with Crippen LogP contribution in [0.5, 0.6) is 5.75 Å². The second-order valence-corrected chi connectivity index (χ2v) is 17.6. The van der Waals surface area contributed by atoms with Gasteiger partial charge in [0.05, 0.1) is 29.9 Å². The number of likely N-dealkylation sites (N-methyl/N-ethyl adjacent to an activating group) is 1. The highest BCUT2D eigenvalue weighted by Crippen LogP contribution is 2.55. The molecule has 3 fully saturated rings. The number of piperazine rings is 1. The number of rotatable bonds is 7. The van der Waals surface area contributed by atoms with Crippen LogP contribution in [0.2, 0.25) is 0 Å². The SMILES string of the molecule is CCCS(=O)(=O)NC(=O)C1=C2Cn3c(cc4c(OC)ccc(C5CCCCC5)c43)C3C(=C21)C=CC[C@H]3C(=O)N1CCN(C)C2(CCCCC2)C1. The number of nitrogens with zero attached hydrogens (tertiary/aromatic N) is 3. The number of benzene rings is 1. The molecule has 1 aromatic heterocycles. The molecule has 1 N–H and O–H groups in total. The van der Waals surface area contributed by atoms with Crippen molar-refractivity contribution in [2.24, 2.45) is 5.92 Å². The van der Waals surface area contributed by atoms with Crippen molar-refractivity contribution < 1.29 is 22.7 Å². The van der Waals surface area contributed by atoms with E-state index in [2.05, 4.69) is 56.5 Å². The zero-order chi connectivity index (χ0) is 34.8. The van der Waals surface area contributed by atoms with Gasteiger partial charge in [0.1, 0.15) is 5.75 Å². The Morgan fingerprint density at radius 1 is 1.04 bits per heavy atom. The minimum absolute atomic E-state index is 0.0407. The van der Waals surface area contributed by atoms with E-state index in [0.29, 0.717) is 37.4 Å². The lowest BCUT2D eigenvalue weighted by Crippen LogP contribution is -2.63. The number of amides is 2. The number of hydrogen-bond acceptors (Lipinski definition) is 6. The number of aromatic nitrogens is 1. The minimum atomic E-state index is -3.75. The van der Waals surface area contributed by atoms with Gasteiger partial charge in [-0.15, -0.1) is 0 Å². The van der Waals surface area contributed by atoms with Gasteiger partial charge in [-0.25, -0.2) is 13.1 Å². The molecule has 2 aliphatic heterocycles. The Balaban J connectivity index is 1.26. The molecule has 9 nitrogen and oxygen atoms in total. The molecule has 1 unspecified atom stereocenters. The molecular weight excluding hydrogens is 649 g/mol. The summed E-state index contributed by atoms with van der Waals surface area (Å²) in [5.74, 6) is 0.180. The quantitative estimate of drug-likeness (QED) is 0.364. The van der Waals surface area contributed by atoms with Gasteiger partial charge in [-0.05, 0) is 85.9 Å². The molecule has 3 heterocycles. The first-order valence-corrected chi connectivity index (χ1v) is 20.7. The average Bonchev–Trinajstić information content (AvgIpc) is 3.75. The molecule has 4 aliphatic carbocycles. The number of ether oxygens (including phenoxy) is 1. The van der Waals surface area contributed by atoms with Crippen molar-refractivity contribution in [2.75, 3.05) is 39.5 Å². The van der Waals surface area contributed by atoms with E-state index >= 15 is 0 Å². The zero-order valence-electron chi connectivity index (χ0n) is 29.9. The van der Waals surface area contributed by atoms with Crippen LogP contribution in [0.4, 0.5) is 0 Å². The van der Waals surface area contributed by atoms with Crippen LogP contribution in [0.1, 0.15) is 107 Å². The molecule has 10 heteroatoms. The Morgan fingerprint density at radius 3 is 2.54 bits per heavy atom. The van der Waals surface area contributed by atoms with E-state index in [1.807, 2.05) is 0 Å². The first kappa shape index (κ1) is 33.8. The topological polar surface area (TPSA) is 101 Å². The summed E-state index contributed by atoms with van der Waals surface area (Å²) in [7, 11) is 0.195. The number of carbonyl (C=O) groups is 2. The minimum Gasteiger partial charge on any atom is -0.496 e. The maximum absolute atomic E-state index is 15.0. The molecule has 0 bridgehead atoms. The van der Waals surface area contributed by atoms with Crippen LogP contribution in [0.3, 0.4) is 0 Å². The van der Waals surface area contributed by atoms with Crippen LogP contribution in [0.15, 0.2) is 52.6 Å². The normalized spacial score (nSPS) is 25.3. The number of sulfonamides is 1. The van der Waals surface area contributed by atoms with Crippen LogP contribution in [-0.2, 0) is 26.2 Å². The van der Waals surface area contributed by atoms with Gasteiger partial charge in [-0.1, -0.05) is 63.7 Å². The third kappa shape index (κ3) is 5.65. The molecule has 268 valence electrons. The van der Waals surface area contributed by atoms with E-state index in [4.69, 9.17) is 4.74 Å². The number of methoxy groups -OCH3 is 1. The standard InChI is InChI=1S/C40H52N4O5S/c1-4-22-50(47,48)41-38(45)36-31-24-44-32(23-30-33(49-3)17-16-27(37(30)44)26-12-7-5-8-13-26)34-28(35(31)36)14-11-15-29(34)39(46)43-21-20-42(2)40(25-43)18-9-6-10-19-40/h11,14,16-17,23,26,29,34H,4-10,12-13,15,18-22,24-25H2,1-3H3,(H,41,45)/t29-,34?/m1/s1. The average molecular weight is 701 g/mol. The van der Waals surface area contributed by atoms with E-state index in [1.54, 1.807) is 14.0 Å². The van der Waals surface area contributed by atoms with E-state index in [-0.39, 0.29) is 29.0 Å². The Bertz CT molecular complexity index is 1920.